The van der Waals surface area contributed by atoms with E-state index in [1.54, 1.807) is 40.6 Å². The first-order chi connectivity index (χ1) is 15.4. The maximum absolute atomic E-state index is 9.87. The molecule has 0 unspecified atom stereocenters. The van der Waals surface area contributed by atoms with Gasteiger partial charge < -0.3 is 9.58 Å². The summed E-state index contributed by atoms with van der Waals surface area (Å²) in [5.41, 5.74) is 8.20. The van der Waals surface area contributed by atoms with E-state index in [1.807, 2.05) is 86.0 Å². The lowest BCUT2D eigenvalue weighted by atomic mass is 10.4. The maximum atomic E-state index is 9.87. The monoisotopic (exact) mass is 559 g/mol. The molecule has 226 valence electrons. The normalized spacial score (nSPS) is 7.97. The molecule has 0 saturated carbocycles. The second-order valence-corrected chi connectivity index (χ2v) is 8.09. The zero-order valence-electron chi connectivity index (χ0n) is 21.9. The van der Waals surface area contributed by atoms with Crippen LogP contribution >= 0.6 is 11.3 Å². The van der Waals surface area contributed by atoms with Crippen molar-refractivity contribution in [2.45, 2.75) is 78.7 Å². The van der Waals surface area contributed by atoms with E-state index in [1.165, 1.54) is 12.5 Å². The van der Waals surface area contributed by atoms with Gasteiger partial charge in [0, 0.05) is 71.8 Å². The predicted molar refractivity (Wildman–Crippen MR) is 172 cm³/mol. The predicted octanol–water partition coefficient (Wildman–Crippen LogP) is 6.21. The van der Waals surface area contributed by atoms with E-state index in [0.717, 1.165) is 16.4 Å². The highest BCUT2D eigenvalue weighted by Gasteiger charge is 1.86. The average molecular weight is 560 g/mol. The largest absolute Gasteiger partial charge is 0.340 e. The molecule has 3 heterocycles. The van der Waals surface area contributed by atoms with Crippen LogP contribution < -0.4 is 10.9 Å². The molecule has 0 aliphatic heterocycles. The molecule has 3 aromatic rings. The molecule has 2 N–H and O–H groups in total. The molecule has 0 aliphatic rings. The molecular weight excluding hydrogens is 498 g/mol. The van der Waals surface area contributed by atoms with Gasteiger partial charge in [-0.3, -0.25) is 14.9 Å². The molecule has 11 heteroatoms. The Hall–Kier alpha value is -3.05. The van der Waals surface area contributed by atoms with Crippen LogP contribution in [-0.2, 0) is 18.9 Å². The maximum Gasteiger partial charge on any atom is 0.230 e. The average Bonchev–Trinajstić information content (AvgIpc) is 3.39. The van der Waals surface area contributed by atoms with Crippen molar-refractivity contribution < 1.29 is 4.79 Å². The molecule has 0 aromatic carbocycles. The second-order valence-electron chi connectivity index (χ2n) is 7.03. The fraction of sp³-hybridized carbons (Fsp3) is 0.593. The van der Waals surface area contributed by atoms with E-state index >= 15 is 0 Å². The first kappa shape index (κ1) is 51.6. The number of aromatic nitrogens is 5. The third kappa shape index (κ3) is 37.5. The van der Waals surface area contributed by atoms with Crippen LogP contribution in [0.5, 0.6) is 0 Å². The summed E-state index contributed by atoms with van der Waals surface area (Å²) in [6, 6.07) is 0. The number of hydrazine groups is 1. The van der Waals surface area contributed by atoms with Gasteiger partial charge in [0.25, 0.3) is 0 Å². The van der Waals surface area contributed by atoms with Crippen molar-refractivity contribution in [3.05, 3.63) is 52.3 Å². The summed E-state index contributed by atoms with van der Waals surface area (Å²) in [6.45, 7) is 11.3. The summed E-state index contributed by atoms with van der Waals surface area (Å²) in [7, 11) is 9.29. The number of aryl methyl sites for hydroxylation is 6. The number of nitrogens with one attached hydrogen (secondary N) is 2. The van der Waals surface area contributed by atoms with Gasteiger partial charge in [-0.2, -0.15) is 10.2 Å². The number of hydrazone groups is 1. The summed E-state index contributed by atoms with van der Waals surface area (Å²) in [5.74, 6) is -0.0718. The first-order valence-electron chi connectivity index (χ1n) is 10.3. The number of nitrogens with zero attached hydrogens (tertiary/aromatic N) is 7. The Bertz CT molecular complexity index is 759. The smallest absolute Gasteiger partial charge is 0.230 e. The van der Waals surface area contributed by atoms with E-state index in [0.29, 0.717) is 0 Å². The van der Waals surface area contributed by atoms with Gasteiger partial charge in [0.1, 0.15) is 0 Å². The lowest BCUT2D eigenvalue weighted by molar-refractivity contribution is -0.119. The van der Waals surface area contributed by atoms with Gasteiger partial charge in [-0.15, -0.1) is 11.3 Å². The van der Waals surface area contributed by atoms with Gasteiger partial charge in [0.15, 0.2) is 0 Å². The van der Waals surface area contributed by atoms with Crippen molar-refractivity contribution in [3.63, 3.8) is 0 Å². The Labute approximate surface area is 239 Å². The molecule has 1 amide bonds. The first-order valence-corrected chi connectivity index (χ1v) is 11.2. The Kier molecular flexibility index (Phi) is 43.4. The number of carbonyl (C=O) groups is 1. The van der Waals surface area contributed by atoms with Crippen LogP contribution in [0.3, 0.4) is 0 Å². The lowest BCUT2D eigenvalue weighted by Crippen LogP contribution is -2.31. The van der Waals surface area contributed by atoms with Crippen molar-refractivity contribution in [1.82, 2.24) is 40.2 Å². The molecular formula is C27H61N9OS. The fourth-order valence-electron chi connectivity index (χ4n) is 1.97. The molecule has 0 radical (unpaired) electrons. The molecule has 0 aliphatic carbocycles. The van der Waals surface area contributed by atoms with Gasteiger partial charge in [-0.05, 0) is 40.2 Å². The SMILES string of the molecule is C.C.C.C.C.C/C=N/N(C)C.CNNC(C)=O.Cc1cn(C)cn1.Cc1cnn(C)c1.Cc1csc(C)n1. The minimum absolute atomic E-state index is 0. The van der Waals surface area contributed by atoms with Crippen LogP contribution in [0.1, 0.15) is 72.9 Å². The number of imidazole rings is 1. The number of rotatable bonds is 2. The van der Waals surface area contributed by atoms with Crippen LogP contribution in [0.2, 0.25) is 0 Å². The van der Waals surface area contributed by atoms with Crippen LogP contribution in [0.15, 0.2) is 35.4 Å². The van der Waals surface area contributed by atoms with E-state index in [4.69, 9.17) is 0 Å². The third-order valence-electron chi connectivity index (χ3n) is 3.05. The van der Waals surface area contributed by atoms with Gasteiger partial charge in [-0.25, -0.2) is 15.4 Å². The van der Waals surface area contributed by atoms with Gasteiger partial charge in [0.05, 0.1) is 23.2 Å². The minimum Gasteiger partial charge on any atom is -0.340 e. The Morgan fingerprint density at radius 1 is 1.03 bits per heavy atom. The van der Waals surface area contributed by atoms with Gasteiger partial charge in [0.2, 0.25) is 5.91 Å². The number of hydrogen-bond donors (Lipinski definition) is 2. The topological polar surface area (TPSA) is 105 Å². The van der Waals surface area contributed by atoms with Crippen LogP contribution in [0.25, 0.3) is 0 Å². The standard InChI is InChI=1S/2C5H8N2.C5H7NS.C4H10N2.C3H8N2O.5CH4/c1-5-3-7(2)4-6-5;1-5-3-6-7(2)4-5;1-4-3-7-5(2)6-4;1-4-5-6(2)3;1-3(6)5-4-2;;;;;/h2*3-4H,1-2H3;3H,1-2H3;4H,1-3H3;4H,1-2H3,(H,5,6);5*1H4/b;;;5-4+;;;;;;. The molecule has 10 nitrogen and oxygen atoms in total. The lowest BCUT2D eigenvalue weighted by Gasteiger charge is -1.98. The van der Waals surface area contributed by atoms with Gasteiger partial charge in [-0.1, -0.05) is 37.1 Å². The van der Waals surface area contributed by atoms with E-state index in [2.05, 4.69) is 36.4 Å². The number of thiazole rings is 1. The molecule has 0 fully saturated rings. The second kappa shape index (κ2) is 32.0. The van der Waals surface area contributed by atoms with Crippen molar-refractivity contribution in [1.29, 1.82) is 0 Å². The number of hydrogen-bond acceptors (Lipinski definition) is 8. The highest BCUT2D eigenvalue weighted by atomic mass is 32.1. The zero-order chi connectivity index (χ0) is 25.8. The molecule has 0 bridgehead atoms. The highest BCUT2D eigenvalue weighted by molar-refractivity contribution is 7.09. The van der Waals surface area contributed by atoms with Crippen molar-refractivity contribution in [3.8, 4) is 0 Å². The summed E-state index contributed by atoms with van der Waals surface area (Å²) >= 11 is 1.69. The molecule has 0 saturated heterocycles. The summed E-state index contributed by atoms with van der Waals surface area (Å²) in [5, 5.41) is 12.7. The van der Waals surface area contributed by atoms with Crippen molar-refractivity contribution in [2.24, 2.45) is 19.2 Å². The summed E-state index contributed by atoms with van der Waals surface area (Å²) in [6.07, 6.45) is 9.31. The fourth-order valence-corrected chi connectivity index (χ4v) is 2.56. The third-order valence-corrected chi connectivity index (χ3v) is 3.94. The van der Waals surface area contributed by atoms with Crippen molar-refractivity contribution in [2.75, 3.05) is 21.1 Å². The Balaban J connectivity index is -0.0000000614. The molecule has 38 heavy (non-hydrogen) atoms. The highest BCUT2D eigenvalue weighted by Crippen LogP contribution is 2.04. The molecule has 0 spiro atoms. The Morgan fingerprint density at radius 2 is 1.58 bits per heavy atom. The molecule has 3 aromatic heterocycles. The quantitative estimate of drug-likeness (QED) is 0.286. The zero-order valence-corrected chi connectivity index (χ0v) is 22.7. The van der Waals surface area contributed by atoms with E-state index < -0.39 is 0 Å². The van der Waals surface area contributed by atoms with E-state index in [-0.39, 0.29) is 43.0 Å². The van der Waals surface area contributed by atoms with Gasteiger partial charge >= 0.3 is 0 Å². The molecule has 3 rings (SSSR count). The van der Waals surface area contributed by atoms with Crippen LogP contribution in [0, 0.1) is 27.7 Å². The minimum atomic E-state index is -0.0718. The van der Waals surface area contributed by atoms with Crippen LogP contribution in [-0.4, -0.2) is 62.6 Å². The van der Waals surface area contributed by atoms with Crippen molar-refractivity contribution >= 4 is 23.5 Å². The number of amides is 1. The molecule has 0 atom stereocenters. The van der Waals surface area contributed by atoms with Crippen LogP contribution in [0.4, 0.5) is 0 Å². The number of carbonyl (C=O) groups excluding carboxylic acids is 1. The Morgan fingerprint density at radius 3 is 1.66 bits per heavy atom. The summed E-state index contributed by atoms with van der Waals surface area (Å²) < 4.78 is 3.71. The summed E-state index contributed by atoms with van der Waals surface area (Å²) in [4.78, 5) is 18.0. The van der Waals surface area contributed by atoms with E-state index in [9.17, 15) is 4.79 Å².